The van der Waals surface area contributed by atoms with Crippen LogP contribution in [0.15, 0.2) is 89.4 Å². The van der Waals surface area contributed by atoms with Gasteiger partial charge in [0.25, 0.3) is 0 Å². The van der Waals surface area contributed by atoms with E-state index in [-0.39, 0.29) is 0 Å². The van der Waals surface area contributed by atoms with Crippen LogP contribution in [-0.4, -0.2) is 10.3 Å². The molecule has 0 amide bonds. The maximum absolute atomic E-state index is 5.05. The molecule has 2 nitrogen and oxygen atoms in total. The molecule has 1 aromatic heterocycles. The summed E-state index contributed by atoms with van der Waals surface area (Å²) >= 11 is 0. The minimum Gasteiger partial charge on any atom is -0.294 e. The second-order valence-corrected chi connectivity index (χ2v) is 6.76. The van der Waals surface area contributed by atoms with Crippen molar-refractivity contribution in [2.45, 2.75) is 20.8 Å². The minimum absolute atomic E-state index is 0.990. The highest BCUT2D eigenvalue weighted by Crippen LogP contribution is 2.33. The third-order valence-corrected chi connectivity index (χ3v) is 4.70. The summed E-state index contributed by atoms with van der Waals surface area (Å²) in [7, 11) is 0. The van der Waals surface area contributed by atoms with Gasteiger partial charge in [-0.1, -0.05) is 66.7 Å². The Morgan fingerprint density at radius 3 is 1.69 bits per heavy atom. The molecule has 0 unspecified atom stereocenters. The molecule has 0 aliphatic carbocycles. The first-order valence-electron chi connectivity index (χ1n) is 8.93. The highest BCUT2D eigenvalue weighted by atomic mass is 15.1. The summed E-state index contributed by atoms with van der Waals surface area (Å²) in [4.78, 5) is 5.05. The summed E-state index contributed by atoms with van der Waals surface area (Å²) in [5.41, 5.74) is 5.73. The van der Waals surface area contributed by atoms with Gasteiger partial charge in [0, 0.05) is 16.5 Å². The number of nitrogens with zero attached hydrogens (tertiary/aromatic N) is 2. The van der Waals surface area contributed by atoms with Crippen LogP contribution in [0.3, 0.4) is 0 Å². The summed E-state index contributed by atoms with van der Waals surface area (Å²) in [5, 5.41) is 2.52. The Kier molecular flexibility index (Phi) is 4.18. The number of para-hydroxylation sites is 2. The Labute approximate surface area is 154 Å². The van der Waals surface area contributed by atoms with Crippen molar-refractivity contribution in [3.05, 3.63) is 90.0 Å². The van der Waals surface area contributed by atoms with Gasteiger partial charge in [0.1, 0.15) is 5.82 Å². The lowest BCUT2D eigenvalue weighted by Crippen LogP contribution is -2.02. The first-order valence-corrected chi connectivity index (χ1v) is 8.93. The Morgan fingerprint density at radius 2 is 1.15 bits per heavy atom. The molecule has 3 aromatic carbocycles. The van der Waals surface area contributed by atoms with E-state index in [2.05, 4.69) is 98.1 Å². The largest absolute Gasteiger partial charge is 0.294 e. The molecule has 0 bridgehead atoms. The molecule has 0 saturated carbocycles. The number of aliphatic imine (C=N–C) groups is 1. The van der Waals surface area contributed by atoms with E-state index >= 15 is 0 Å². The standard InChI is InChI=1S/C24H22N2/c1-17(2)24(25-18(3)19-11-5-4-6-12-19)26-22-15-9-7-13-20(22)21-14-8-10-16-23(21)26/h4-16H,1-3H3/b25-18+. The number of rotatable bonds is 3. The number of aromatic nitrogens is 1. The maximum Gasteiger partial charge on any atom is 0.136 e. The van der Waals surface area contributed by atoms with E-state index in [1.54, 1.807) is 0 Å². The van der Waals surface area contributed by atoms with E-state index in [4.69, 9.17) is 4.99 Å². The van der Waals surface area contributed by atoms with Gasteiger partial charge in [0.2, 0.25) is 0 Å². The van der Waals surface area contributed by atoms with Gasteiger partial charge in [0.05, 0.1) is 11.0 Å². The van der Waals surface area contributed by atoms with Gasteiger partial charge >= 0.3 is 0 Å². The second kappa shape index (κ2) is 6.64. The molecule has 0 radical (unpaired) electrons. The van der Waals surface area contributed by atoms with Gasteiger partial charge in [-0.25, -0.2) is 4.99 Å². The topological polar surface area (TPSA) is 17.3 Å². The molecule has 4 rings (SSSR count). The fourth-order valence-electron chi connectivity index (χ4n) is 3.44. The molecule has 2 heteroatoms. The van der Waals surface area contributed by atoms with Gasteiger partial charge in [0.15, 0.2) is 0 Å². The molecule has 0 saturated heterocycles. The summed E-state index contributed by atoms with van der Waals surface area (Å²) in [6.45, 7) is 6.33. The van der Waals surface area contributed by atoms with Crippen LogP contribution in [0, 0.1) is 0 Å². The highest BCUT2D eigenvalue weighted by molar-refractivity contribution is 6.10. The molecule has 0 spiro atoms. The van der Waals surface area contributed by atoms with Gasteiger partial charge < -0.3 is 0 Å². The van der Waals surface area contributed by atoms with Crippen molar-refractivity contribution in [2.75, 3.05) is 0 Å². The molecule has 26 heavy (non-hydrogen) atoms. The zero-order valence-electron chi connectivity index (χ0n) is 15.4. The fourth-order valence-corrected chi connectivity index (χ4v) is 3.44. The Balaban J connectivity index is 2.01. The molecular formula is C24H22N2. The predicted octanol–water partition coefficient (Wildman–Crippen LogP) is 6.51. The maximum atomic E-state index is 5.05. The Hall–Kier alpha value is -3.13. The van der Waals surface area contributed by atoms with Crippen molar-refractivity contribution in [1.82, 2.24) is 4.57 Å². The lowest BCUT2D eigenvalue weighted by Gasteiger charge is -2.12. The molecule has 0 atom stereocenters. The lowest BCUT2D eigenvalue weighted by atomic mass is 10.1. The van der Waals surface area contributed by atoms with Gasteiger partial charge in [-0.15, -0.1) is 0 Å². The summed E-state index contributed by atoms with van der Waals surface area (Å²) < 4.78 is 2.28. The van der Waals surface area contributed by atoms with Crippen molar-refractivity contribution in [2.24, 2.45) is 4.99 Å². The summed E-state index contributed by atoms with van der Waals surface area (Å²) in [6, 6.07) is 27.4. The number of fused-ring (bicyclic) bond motifs is 3. The highest BCUT2D eigenvalue weighted by Gasteiger charge is 2.14. The van der Waals surface area contributed by atoms with E-state index in [0.29, 0.717) is 0 Å². The molecule has 0 aliphatic rings. The average Bonchev–Trinajstić information content (AvgIpc) is 3.01. The van der Waals surface area contributed by atoms with Crippen LogP contribution in [-0.2, 0) is 0 Å². The molecule has 0 N–H and O–H groups in total. The molecule has 1 heterocycles. The normalized spacial score (nSPS) is 11.9. The fraction of sp³-hybridized carbons (Fsp3) is 0.125. The van der Waals surface area contributed by atoms with E-state index in [0.717, 1.165) is 17.1 Å². The van der Waals surface area contributed by atoms with Gasteiger partial charge in [-0.3, -0.25) is 4.57 Å². The zero-order valence-corrected chi connectivity index (χ0v) is 15.4. The van der Waals surface area contributed by atoms with Crippen LogP contribution in [0.25, 0.3) is 27.6 Å². The van der Waals surface area contributed by atoms with Crippen molar-refractivity contribution in [3.8, 4) is 0 Å². The number of benzene rings is 3. The number of hydrogen-bond acceptors (Lipinski definition) is 1. The molecular weight excluding hydrogens is 316 g/mol. The SMILES string of the molecule is CC(C)=C(/N=C(\C)c1ccccc1)n1c2ccccc2c2ccccc21. The van der Waals surface area contributed by atoms with Crippen molar-refractivity contribution in [3.63, 3.8) is 0 Å². The lowest BCUT2D eigenvalue weighted by molar-refractivity contribution is 1.13. The van der Waals surface area contributed by atoms with Crippen LogP contribution in [0.2, 0.25) is 0 Å². The predicted molar refractivity (Wildman–Crippen MR) is 113 cm³/mol. The van der Waals surface area contributed by atoms with Gasteiger partial charge in [-0.2, -0.15) is 0 Å². The Morgan fingerprint density at radius 1 is 0.654 bits per heavy atom. The molecule has 0 fully saturated rings. The summed E-state index contributed by atoms with van der Waals surface area (Å²) in [6.07, 6.45) is 0. The first-order chi connectivity index (χ1) is 12.7. The van der Waals surface area contributed by atoms with Crippen molar-refractivity contribution >= 4 is 33.3 Å². The van der Waals surface area contributed by atoms with Crippen LogP contribution >= 0.6 is 0 Å². The van der Waals surface area contributed by atoms with E-state index < -0.39 is 0 Å². The van der Waals surface area contributed by atoms with E-state index in [1.807, 2.05) is 6.07 Å². The van der Waals surface area contributed by atoms with Gasteiger partial charge in [-0.05, 0) is 44.0 Å². The van der Waals surface area contributed by atoms with Crippen LogP contribution in [0.5, 0.6) is 0 Å². The molecule has 4 aromatic rings. The Bertz CT molecular complexity index is 1090. The van der Waals surface area contributed by atoms with Crippen molar-refractivity contribution in [1.29, 1.82) is 0 Å². The number of hydrogen-bond donors (Lipinski definition) is 0. The molecule has 128 valence electrons. The van der Waals surface area contributed by atoms with Crippen LogP contribution in [0.1, 0.15) is 26.3 Å². The minimum atomic E-state index is 0.990. The smallest absolute Gasteiger partial charge is 0.136 e. The quantitative estimate of drug-likeness (QED) is 0.379. The third kappa shape index (κ3) is 2.74. The van der Waals surface area contributed by atoms with Crippen LogP contribution < -0.4 is 0 Å². The monoisotopic (exact) mass is 338 g/mol. The van der Waals surface area contributed by atoms with E-state index in [9.17, 15) is 0 Å². The number of allylic oxidation sites excluding steroid dienone is 1. The molecule has 0 aliphatic heterocycles. The van der Waals surface area contributed by atoms with Crippen LogP contribution in [0.4, 0.5) is 0 Å². The van der Waals surface area contributed by atoms with Crippen molar-refractivity contribution < 1.29 is 0 Å². The zero-order chi connectivity index (χ0) is 18.1. The first kappa shape index (κ1) is 16.3. The third-order valence-electron chi connectivity index (χ3n) is 4.70. The average molecular weight is 338 g/mol. The summed E-state index contributed by atoms with van der Waals surface area (Å²) in [5.74, 6) is 0.990. The second-order valence-electron chi connectivity index (χ2n) is 6.76. The van der Waals surface area contributed by atoms with E-state index in [1.165, 1.54) is 27.4 Å².